The summed E-state index contributed by atoms with van der Waals surface area (Å²) in [5.74, 6) is -0.541. The minimum Gasteiger partial charge on any atom is -0.394 e. The zero-order valence-corrected chi connectivity index (χ0v) is 11.2. The van der Waals surface area contributed by atoms with Crippen LogP contribution in [0.1, 0.15) is 22.0 Å². The van der Waals surface area contributed by atoms with Crippen LogP contribution in [0.4, 0.5) is 0 Å². The van der Waals surface area contributed by atoms with Gasteiger partial charge in [-0.05, 0) is 29.8 Å². The molecule has 6 heteroatoms. The van der Waals surface area contributed by atoms with Crippen molar-refractivity contribution in [3.8, 4) is 0 Å². The van der Waals surface area contributed by atoms with E-state index in [1.807, 2.05) is 0 Å². The fourth-order valence-electron chi connectivity index (χ4n) is 1.77. The molecule has 0 aliphatic carbocycles. The lowest BCUT2D eigenvalue weighted by molar-refractivity contribution is 0.0914. The first kappa shape index (κ1) is 14.3. The van der Waals surface area contributed by atoms with Crippen molar-refractivity contribution in [2.45, 2.75) is 6.04 Å². The Hall–Kier alpha value is -2.11. The number of hydrogen-bond acceptors (Lipinski definition) is 3. The number of hydrogen-bond donors (Lipinski definition) is 3. The summed E-state index contributed by atoms with van der Waals surface area (Å²) in [6.07, 6.45) is 1.45. The maximum Gasteiger partial charge on any atom is 0.260 e. The summed E-state index contributed by atoms with van der Waals surface area (Å²) in [4.78, 5) is 25.9. The van der Waals surface area contributed by atoms with Crippen molar-refractivity contribution in [3.05, 3.63) is 69.1 Å². The molecule has 2 aromatic rings. The number of aliphatic hydroxyl groups excluding tert-OH is 1. The number of rotatable bonds is 4. The van der Waals surface area contributed by atoms with Crippen molar-refractivity contribution in [2.75, 3.05) is 6.61 Å². The van der Waals surface area contributed by atoms with Gasteiger partial charge in [0.05, 0.1) is 12.6 Å². The summed E-state index contributed by atoms with van der Waals surface area (Å²) in [5.41, 5.74) is 0.232. The topological polar surface area (TPSA) is 82.2 Å². The Morgan fingerprint density at radius 3 is 2.60 bits per heavy atom. The predicted molar refractivity (Wildman–Crippen MR) is 75.8 cm³/mol. The van der Waals surface area contributed by atoms with Crippen LogP contribution in [0.15, 0.2) is 47.4 Å². The average molecular weight is 293 g/mol. The van der Waals surface area contributed by atoms with Gasteiger partial charge in [0.1, 0.15) is 5.56 Å². The van der Waals surface area contributed by atoms with Gasteiger partial charge in [0.2, 0.25) is 0 Å². The van der Waals surface area contributed by atoms with Crippen LogP contribution in [0.2, 0.25) is 5.02 Å². The molecule has 1 unspecified atom stereocenters. The minimum absolute atomic E-state index is 0.0000801. The molecule has 3 N–H and O–H groups in total. The van der Waals surface area contributed by atoms with Gasteiger partial charge in [-0.2, -0.15) is 0 Å². The van der Waals surface area contributed by atoms with Crippen molar-refractivity contribution >= 4 is 17.5 Å². The predicted octanol–water partition coefficient (Wildman–Crippen LogP) is 1.49. The normalized spacial score (nSPS) is 11.9. The van der Waals surface area contributed by atoms with E-state index in [0.29, 0.717) is 10.6 Å². The zero-order valence-electron chi connectivity index (χ0n) is 10.5. The van der Waals surface area contributed by atoms with Gasteiger partial charge >= 0.3 is 0 Å². The molecule has 1 aromatic carbocycles. The number of carbonyl (C=O) groups is 1. The van der Waals surface area contributed by atoms with Gasteiger partial charge in [0.15, 0.2) is 0 Å². The molecule has 1 atom stereocenters. The van der Waals surface area contributed by atoms with Crippen LogP contribution >= 0.6 is 11.6 Å². The van der Waals surface area contributed by atoms with Crippen LogP contribution < -0.4 is 10.9 Å². The number of carbonyl (C=O) groups excluding carboxylic acids is 1. The number of aromatic nitrogens is 1. The minimum atomic E-state index is -0.598. The molecule has 0 radical (unpaired) electrons. The fraction of sp³-hybridized carbons (Fsp3) is 0.143. The van der Waals surface area contributed by atoms with Crippen LogP contribution in [0.3, 0.4) is 0 Å². The van der Waals surface area contributed by atoms with E-state index in [0.717, 1.165) is 0 Å². The molecular formula is C14H13ClN2O3. The molecule has 0 bridgehead atoms. The monoisotopic (exact) mass is 292 g/mol. The molecule has 0 aliphatic rings. The number of nitrogens with one attached hydrogen (secondary N) is 2. The summed E-state index contributed by atoms with van der Waals surface area (Å²) in [6, 6.07) is 9.13. The number of amides is 1. The highest BCUT2D eigenvalue weighted by atomic mass is 35.5. The van der Waals surface area contributed by atoms with Gasteiger partial charge in [-0.1, -0.05) is 23.7 Å². The SMILES string of the molecule is O=C(NC(CO)c1ccc(Cl)cc1)c1ccc[nH]c1=O. The lowest BCUT2D eigenvalue weighted by atomic mass is 10.1. The van der Waals surface area contributed by atoms with Gasteiger partial charge in [0, 0.05) is 11.2 Å². The quantitative estimate of drug-likeness (QED) is 0.798. The first-order valence-corrected chi connectivity index (χ1v) is 6.34. The van der Waals surface area contributed by atoms with Crippen molar-refractivity contribution in [1.82, 2.24) is 10.3 Å². The lowest BCUT2D eigenvalue weighted by Crippen LogP contribution is -2.34. The third kappa shape index (κ3) is 3.26. The van der Waals surface area contributed by atoms with Crippen molar-refractivity contribution in [2.24, 2.45) is 0 Å². The highest BCUT2D eigenvalue weighted by molar-refractivity contribution is 6.30. The van der Waals surface area contributed by atoms with Crippen molar-refractivity contribution < 1.29 is 9.90 Å². The summed E-state index contributed by atoms with van der Waals surface area (Å²) < 4.78 is 0. The Morgan fingerprint density at radius 1 is 1.30 bits per heavy atom. The van der Waals surface area contributed by atoms with E-state index in [9.17, 15) is 14.7 Å². The van der Waals surface area contributed by atoms with Gasteiger partial charge in [-0.15, -0.1) is 0 Å². The highest BCUT2D eigenvalue weighted by Gasteiger charge is 2.16. The molecule has 0 spiro atoms. The molecule has 1 amide bonds. The lowest BCUT2D eigenvalue weighted by Gasteiger charge is -2.16. The average Bonchev–Trinajstić information content (AvgIpc) is 2.46. The number of halogens is 1. The molecule has 0 saturated heterocycles. The fourth-order valence-corrected chi connectivity index (χ4v) is 1.89. The van der Waals surface area contributed by atoms with Crippen LogP contribution in [-0.4, -0.2) is 22.6 Å². The van der Waals surface area contributed by atoms with Gasteiger partial charge < -0.3 is 15.4 Å². The molecule has 5 nitrogen and oxygen atoms in total. The molecular weight excluding hydrogens is 280 g/mol. The van der Waals surface area contributed by atoms with E-state index >= 15 is 0 Å². The standard InChI is InChI=1S/C14H13ClN2O3/c15-10-5-3-9(4-6-10)12(8-18)17-14(20)11-2-1-7-16-13(11)19/h1-7,12,18H,8H2,(H,16,19)(H,17,20). The molecule has 1 aromatic heterocycles. The molecule has 0 fully saturated rings. The van der Waals surface area contributed by atoms with E-state index in [1.54, 1.807) is 30.3 Å². The van der Waals surface area contributed by atoms with Gasteiger partial charge in [-0.25, -0.2) is 0 Å². The Morgan fingerprint density at radius 2 is 2.00 bits per heavy atom. The number of benzene rings is 1. The van der Waals surface area contributed by atoms with E-state index < -0.39 is 17.5 Å². The first-order valence-electron chi connectivity index (χ1n) is 5.96. The Bertz CT molecular complexity index is 652. The molecule has 0 saturated carbocycles. The molecule has 104 valence electrons. The smallest absolute Gasteiger partial charge is 0.260 e. The zero-order chi connectivity index (χ0) is 14.5. The molecule has 20 heavy (non-hydrogen) atoms. The summed E-state index contributed by atoms with van der Waals surface area (Å²) >= 11 is 5.79. The number of aromatic amines is 1. The molecule has 0 aliphatic heterocycles. The van der Waals surface area contributed by atoms with Gasteiger partial charge in [0.25, 0.3) is 11.5 Å². The number of H-pyrrole nitrogens is 1. The Kier molecular flexibility index (Phi) is 4.55. The summed E-state index contributed by atoms with van der Waals surface area (Å²) in [7, 11) is 0. The van der Waals surface area contributed by atoms with E-state index in [1.165, 1.54) is 12.3 Å². The van der Waals surface area contributed by atoms with Gasteiger partial charge in [-0.3, -0.25) is 9.59 Å². The Labute approximate surface area is 120 Å². The highest BCUT2D eigenvalue weighted by Crippen LogP contribution is 2.16. The van der Waals surface area contributed by atoms with Crippen molar-refractivity contribution in [3.63, 3.8) is 0 Å². The number of aliphatic hydroxyl groups is 1. The van der Waals surface area contributed by atoms with Crippen LogP contribution in [0.25, 0.3) is 0 Å². The van der Waals surface area contributed by atoms with Crippen LogP contribution in [0, 0.1) is 0 Å². The number of pyridine rings is 1. The summed E-state index contributed by atoms with van der Waals surface area (Å²) in [5, 5.41) is 12.6. The second-order valence-corrected chi connectivity index (χ2v) is 4.61. The second-order valence-electron chi connectivity index (χ2n) is 4.17. The summed E-state index contributed by atoms with van der Waals surface area (Å²) in [6.45, 7) is -0.280. The van der Waals surface area contributed by atoms with Crippen molar-refractivity contribution in [1.29, 1.82) is 0 Å². The molecule has 1 heterocycles. The van der Waals surface area contributed by atoms with E-state index in [2.05, 4.69) is 10.3 Å². The maximum absolute atomic E-state index is 12.0. The van der Waals surface area contributed by atoms with Crippen LogP contribution in [-0.2, 0) is 0 Å². The third-order valence-electron chi connectivity index (χ3n) is 2.82. The Balaban J connectivity index is 2.18. The van der Waals surface area contributed by atoms with E-state index in [4.69, 9.17) is 11.6 Å². The van der Waals surface area contributed by atoms with Crippen LogP contribution in [0.5, 0.6) is 0 Å². The maximum atomic E-state index is 12.0. The second kappa shape index (κ2) is 6.36. The van der Waals surface area contributed by atoms with E-state index in [-0.39, 0.29) is 12.2 Å². The largest absolute Gasteiger partial charge is 0.394 e. The molecule has 2 rings (SSSR count). The third-order valence-corrected chi connectivity index (χ3v) is 3.08. The first-order chi connectivity index (χ1) is 9.61.